The number of ether oxygens (including phenoxy) is 1. The summed E-state index contributed by atoms with van der Waals surface area (Å²) in [6, 6.07) is 12.8. The van der Waals surface area contributed by atoms with Crippen molar-refractivity contribution in [3.05, 3.63) is 60.6 Å². The molecule has 9 heteroatoms. The summed E-state index contributed by atoms with van der Waals surface area (Å²) in [5, 5.41) is 6.19. The van der Waals surface area contributed by atoms with Crippen LogP contribution < -0.4 is 15.4 Å². The second-order valence-corrected chi connectivity index (χ2v) is 7.69. The zero-order chi connectivity index (χ0) is 20.7. The van der Waals surface area contributed by atoms with Crippen LogP contribution in [0.25, 0.3) is 20.9 Å². The highest BCUT2D eigenvalue weighted by Gasteiger charge is 2.24. The van der Waals surface area contributed by atoms with Gasteiger partial charge < -0.3 is 15.4 Å². The standard InChI is InChI=1S/C21H15N5O3S/c1-11-19(27)25-14-10-12(6-7-15(14)29-11)24-20(28)17-18(23-9-8-22-17)21-26-13-4-2-3-5-16(13)30-21/h2-11H,1H3,(H,24,28)(H,25,27). The Labute approximate surface area is 175 Å². The zero-order valence-electron chi connectivity index (χ0n) is 15.7. The summed E-state index contributed by atoms with van der Waals surface area (Å²) in [6.07, 6.45) is 2.44. The molecular weight excluding hydrogens is 402 g/mol. The van der Waals surface area contributed by atoms with Gasteiger partial charge in [0.15, 0.2) is 11.8 Å². The Morgan fingerprint density at radius 1 is 1.17 bits per heavy atom. The van der Waals surface area contributed by atoms with E-state index in [4.69, 9.17) is 4.74 Å². The molecule has 0 bridgehead atoms. The highest BCUT2D eigenvalue weighted by Crippen LogP contribution is 2.33. The van der Waals surface area contributed by atoms with E-state index >= 15 is 0 Å². The Kier molecular flexibility index (Phi) is 4.36. The van der Waals surface area contributed by atoms with Gasteiger partial charge in [-0.1, -0.05) is 12.1 Å². The van der Waals surface area contributed by atoms with E-state index in [1.165, 1.54) is 23.7 Å². The van der Waals surface area contributed by atoms with Crippen molar-refractivity contribution in [2.45, 2.75) is 13.0 Å². The summed E-state index contributed by atoms with van der Waals surface area (Å²) in [5.74, 6) is -0.110. The molecule has 8 nitrogen and oxygen atoms in total. The maximum Gasteiger partial charge on any atom is 0.276 e. The molecule has 0 aliphatic carbocycles. The van der Waals surface area contributed by atoms with Crippen LogP contribution in [0.2, 0.25) is 0 Å². The number of fused-ring (bicyclic) bond motifs is 2. The van der Waals surface area contributed by atoms with Crippen molar-refractivity contribution in [1.82, 2.24) is 15.0 Å². The largest absolute Gasteiger partial charge is 0.479 e. The number of hydrogen-bond donors (Lipinski definition) is 2. The van der Waals surface area contributed by atoms with E-state index < -0.39 is 12.0 Å². The van der Waals surface area contributed by atoms with Crippen molar-refractivity contribution in [1.29, 1.82) is 0 Å². The predicted molar refractivity (Wildman–Crippen MR) is 114 cm³/mol. The molecular formula is C21H15N5O3S. The molecule has 2 amide bonds. The number of aromatic nitrogens is 3. The average Bonchev–Trinajstić information content (AvgIpc) is 3.19. The van der Waals surface area contributed by atoms with E-state index in [-0.39, 0.29) is 11.6 Å². The first-order valence-electron chi connectivity index (χ1n) is 9.18. The lowest BCUT2D eigenvalue weighted by molar-refractivity contribution is -0.122. The van der Waals surface area contributed by atoms with Crippen LogP contribution in [0.15, 0.2) is 54.9 Å². The Hall–Kier alpha value is -3.85. The van der Waals surface area contributed by atoms with Gasteiger partial charge in [0.1, 0.15) is 16.5 Å². The number of amides is 2. The fraction of sp³-hybridized carbons (Fsp3) is 0.0952. The first kappa shape index (κ1) is 18.2. The first-order valence-corrected chi connectivity index (χ1v) is 10.00. The van der Waals surface area contributed by atoms with E-state index in [1.807, 2.05) is 24.3 Å². The highest BCUT2D eigenvalue weighted by molar-refractivity contribution is 7.21. The first-order chi connectivity index (χ1) is 14.6. The van der Waals surface area contributed by atoms with Gasteiger partial charge in [-0.15, -0.1) is 11.3 Å². The van der Waals surface area contributed by atoms with Crippen molar-refractivity contribution in [3.8, 4) is 16.5 Å². The van der Waals surface area contributed by atoms with Crippen LogP contribution in [0.5, 0.6) is 5.75 Å². The Morgan fingerprint density at radius 3 is 2.87 bits per heavy atom. The number of benzene rings is 2. The second kappa shape index (κ2) is 7.20. The Balaban J connectivity index is 1.45. The predicted octanol–water partition coefficient (Wildman–Crippen LogP) is 3.73. The van der Waals surface area contributed by atoms with Gasteiger partial charge in [0.25, 0.3) is 11.8 Å². The molecule has 0 fully saturated rings. The molecule has 0 saturated heterocycles. The zero-order valence-corrected chi connectivity index (χ0v) is 16.6. The number of para-hydroxylation sites is 1. The summed E-state index contributed by atoms with van der Waals surface area (Å²) in [6.45, 7) is 1.67. The van der Waals surface area contributed by atoms with Gasteiger partial charge in [-0.3, -0.25) is 9.59 Å². The number of nitrogens with zero attached hydrogens (tertiary/aromatic N) is 3. The summed E-state index contributed by atoms with van der Waals surface area (Å²) < 4.78 is 6.54. The molecule has 2 aromatic carbocycles. The third-order valence-electron chi connectivity index (χ3n) is 4.58. The minimum absolute atomic E-state index is 0.170. The van der Waals surface area contributed by atoms with Crippen LogP contribution in [-0.4, -0.2) is 32.9 Å². The molecule has 4 aromatic rings. The van der Waals surface area contributed by atoms with Crippen LogP contribution in [0, 0.1) is 0 Å². The Morgan fingerprint density at radius 2 is 2.00 bits per heavy atom. The molecule has 1 unspecified atom stereocenters. The summed E-state index contributed by atoms with van der Waals surface area (Å²) in [7, 11) is 0. The molecule has 0 radical (unpaired) electrons. The van der Waals surface area contributed by atoms with E-state index in [1.54, 1.807) is 25.1 Å². The highest BCUT2D eigenvalue weighted by atomic mass is 32.1. The SMILES string of the molecule is CC1Oc2ccc(NC(=O)c3nccnc3-c3nc4ccccc4s3)cc2NC1=O. The van der Waals surface area contributed by atoms with Gasteiger partial charge in [0.2, 0.25) is 0 Å². The fourth-order valence-corrected chi connectivity index (χ4v) is 4.07. The second-order valence-electron chi connectivity index (χ2n) is 6.65. The fourth-order valence-electron chi connectivity index (χ4n) is 3.11. The minimum atomic E-state index is -0.561. The van der Waals surface area contributed by atoms with Gasteiger partial charge >= 0.3 is 0 Å². The summed E-state index contributed by atoms with van der Waals surface area (Å²) in [4.78, 5) is 37.9. The molecule has 148 valence electrons. The van der Waals surface area contributed by atoms with E-state index in [2.05, 4.69) is 25.6 Å². The number of anilines is 2. The van der Waals surface area contributed by atoms with Gasteiger partial charge in [-0.05, 0) is 37.3 Å². The number of carbonyl (C=O) groups excluding carboxylic acids is 2. The van der Waals surface area contributed by atoms with Crippen molar-refractivity contribution in [2.75, 3.05) is 10.6 Å². The van der Waals surface area contributed by atoms with Crippen molar-refractivity contribution in [2.24, 2.45) is 0 Å². The van der Waals surface area contributed by atoms with E-state index in [0.717, 1.165) is 10.2 Å². The van der Waals surface area contributed by atoms with Gasteiger partial charge in [0.05, 0.1) is 15.9 Å². The molecule has 5 rings (SSSR count). The van der Waals surface area contributed by atoms with Crippen LogP contribution >= 0.6 is 11.3 Å². The third-order valence-corrected chi connectivity index (χ3v) is 5.62. The number of rotatable bonds is 3. The molecule has 1 aliphatic heterocycles. The maximum atomic E-state index is 13.0. The molecule has 1 atom stereocenters. The van der Waals surface area contributed by atoms with E-state index in [0.29, 0.717) is 27.8 Å². The molecule has 2 N–H and O–H groups in total. The summed E-state index contributed by atoms with van der Waals surface area (Å²) in [5.41, 5.74) is 2.43. The van der Waals surface area contributed by atoms with Crippen LogP contribution in [0.1, 0.15) is 17.4 Å². The normalized spacial score (nSPS) is 15.2. The summed E-state index contributed by atoms with van der Waals surface area (Å²) >= 11 is 1.45. The number of carbonyl (C=O) groups is 2. The minimum Gasteiger partial charge on any atom is -0.479 e. The topological polar surface area (TPSA) is 106 Å². The van der Waals surface area contributed by atoms with Gasteiger partial charge in [0, 0.05) is 18.1 Å². The molecule has 0 spiro atoms. The van der Waals surface area contributed by atoms with Crippen molar-refractivity contribution < 1.29 is 14.3 Å². The van der Waals surface area contributed by atoms with Crippen LogP contribution in [0.4, 0.5) is 11.4 Å². The molecule has 2 aromatic heterocycles. The van der Waals surface area contributed by atoms with Crippen LogP contribution in [-0.2, 0) is 4.79 Å². The lowest BCUT2D eigenvalue weighted by Crippen LogP contribution is -2.34. The third kappa shape index (κ3) is 3.25. The van der Waals surface area contributed by atoms with Crippen molar-refractivity contribution in [3.63, 3.8) is 0 Å². The number of thiazole rings is 1. The molecule has 0 saturated carbocycles. The number of nitrogens with one attached hydrogen (secondary N) is 2. The average molecular weight is 417 g/mol. The monoisotopic (exact) mass is 417 g/mol. The molecule has 3 heterocycles. The smallest absolute Gasteiger partial charge is 0.276 e. The molecule has 30 heavy (non-hydrogen) atoms. The van der Waals surface area contributed by atoms with Gasteiger partial charge in [-0.2, -0.15) is 0 Å². The van der Waals surface area contributed by atoms with Crippen LogP contribution in [0.3, 0.4) is 0 Å². The lowest BCUT2D eigenvalue weighted by atomic mass is 10.2. The van der Waals surface area contributed by atoms with E-state index in [9.17, 15) is 9.59 Å². The lowest BCUT2D eigenvalue weighted by Gasteiger charge is -2.23. The number of hydrogen-bond acceptors (Lipinski definition) is 7. The Bertz CT molecular complexity index is 1270. The van der Waals surface area contributed by atoms with Crippen molar-refractivity contribution >= 4 is 44.7 Å². The maximum absolute atomic E-state index is 13.0. The molecule has 1 aliphatic rings. The quantitative estimate of drug-likeness (QED) is 0.526. The van der Waals surface area contributed by atoms with Gasteiger partial charge in [-0.25, -0.2) is 15.0 Å².